The van der Waals surface area contributed by atoms with Crippen molar-refractivity contribution in [1.29, 1.82) is 0 Å². The molecule has 92 valence electrons. The van der Waals surface area contributed by atoms with Gasteiger partial charge in [-0.25, -0.2) is 0 Å². The quantitative estimate of drug-likeness (QED) is 0.595. The van der Waals surface area contributed by atoms with E-state index in [0.29, 0.717) is 0 Å². The van der Waals surface area contributed by atoms with Crippen LogP contribution in [0.1, 0.15) is 13.8 Å². The summed E-state index contributed by atoms with van der Waals surface area (Å²) < 4.78 is 15.9. The van der Waals surface area contributed by atoms with Crippen LogP contribution in [-0.4, -0.2) is 68.3 Å². The smallest absolute Gasteiger partial charge is 0.112 e. The van der Waals surface area contributed by atoms with Gasteiger partial charge in [-0.3, -0.25) is 0 Å². The maximum Gasteiger partial charge on any atom is 0.112 e. The lowest BCUT2D eigenvalue weighted by Crippen LogP contribution is -2.41. The first-order valence-corrected chi connectivity index (χ1v) is 5.39. The Bertz CT molecular complexity index is 215. The van der Waals surface area contributed by atoms with E-state index in [9.17, 15) is 5.11 Å². The lowest BCUT2D eigenvalue weighted by Gasteiger charge is -2.26. The van der Waals surface area contributed by atoms with Gasteiger partial charge in [0.2, 0.25) is 0 Å². The number of hydrogen-bond donors (Lipinski definition) is 2. The highest BCUT2D eigenvalue weighted by molar-refractivity contribution is 6.11. The standard InChI is InChI=1S/C10H19BO5/c1-5(14-3)6(2)15-9-8(13)7(4-12)16-10(9)11/h5-10,12-13H,4H2,1-3H3/t5-,6-,7-,8?,9?,10-/m1/s1. The Morgan fingerprint density at radius 2 is 2.00 bits per heavy atom. The van der Waals surface area contributed by atoms with Gasteiger partial charge in [-0.1, -0.05) is 0 Å². The van der Waals surface area contributed by atoms with Gasteiger partial charge in [-0.15, -0.1) is 0 Å². The third-order valence-electron chi connectivity index (χ3n) is 2.96. The van der Waals surface area contributed by atoms with Gasteiger partial charge < -0.3 is 24.4 Å². The van der Waals surface area contributed by atoms with Crippen molar-refractivity contribution in [3.8, 4) is 0 Å². The monoisotopic (exact) mass is 230 g/mol. The summed E-state index contributed by atoms with van der Waals surface area (Å²) in [5.41, 5.74) is 0. The Morgan fingerprint density at radius 1 is 1.38 bits per heavy atom. The Labute approximate surface area is 97.1 Å². The van der Waals surface area contributed by atoms with Crippen molar-refractivity contribution < 1.29 is 24.4 Å². The molecule has 0 spiro atoms. The average molecular weight is 230 g/mol. The van der Waals surface area contributed by atoms with Crippen LogP contribution in [0.2, 0.25) is 0 Å². The molecule has 0 bridgehead atoms. The van der Waals surface area contributed by atoms with Crippen molar-refractivity contribution in [2.24, 2.45) is 0 Å². The van der Waals surface area contributed by atoms with Gasteiger partial charge in [0.25, 0.3) is 0 Å². The van der Waals surface area contributed by atoms with Crippen LogP contribution in [-0.2, 0) is 14.2 Å². The summed E-state index contributed by atoms with van der Waals surface area (Å²) in [6, 6.07) is -0.723. The third-order valence-corrected chi connectivity index (χ3v) is 2.96. The summed E-state index contributed by atoms with van der Waals surface area (Å²) in [4.78, 5) is 0. The summed E-state index contributed by atoms with van der Waals surface area (Å²) in [5, 5.41) is 18.7. The number of rotatable bonds is 5. The molecule has 1 fully saturated rings. The molecule has 6 heteroatoms. The highest BCUT2D eigenvalue weighted by Crippen LogP contribution is 2.23. The molecule has 1 aliphatic heterocycles. The molecule has 0 aliphatic carbocycles. The molecule has 1 aliphatic rings. The maximum absolute atomic E-state index is 9.79. The van der Waals surface area contributed by atoms with Crippen LogP contribution in [0.5, 0.6) is 0 Å². The van der Waals surface area contributed by atoms with E-state index in [2.05, 4.69) is 0 Å². The van der Waals surface area contributed by atoms with Crippen LogP contribution in [0, 0.1) is 0 Å². The molecule has 0 aromatic carbocycles. The predicted octanol–water partition coefficient (Wildman–Crippen LogP) is -0.958. The van der Waals surface area contributed by atoms with E-state index in [0.717, 1.165) is 0 Å². The number of aliphatic hydroxyl groups excluding tert-OH is 2. The zero-order valence-corrected chi connectivity index (χ0v) is 9.87. The Kier molecular flexibility index (Phi) is 5.20. The Morgan fingerprint density at radius 3 is 2.44 bits per heavy atom. The van der Waals surface area contributed by atoms with E-state index in [1.807, 2.05) is 13.8 Å². The minimum atomic E-state index is -0.911. The maximum atomic E-state index is 9.79. The minimum Gasteiger partial charge on any atom is -0.394 e. The summed E-state index contributed by atoms with van der Waals surface area (Å²) in [5.74, 6) is 0. The number of ether oxygens (including phenoxy) is 3. The number of aliphatic hydroxyl groups is 2. The van der Waals surface area contributed by atoms with E-state index >= 15 is 0 Å². The lowest BCUT2D eigenvalue weighted by molar-refractivity contribution is -0.105. The van der Waals surface area contributed by atoms with Crippen LogP contribution in [0.25, 0.3) is 0 Å². The van der Waals surface area contributed by atoms with Crippen LogP contribution in [0.15, 0.2) is 0 Å². The SMILES string of the molecule is [B][C@@H]1O[C@H](CO)C(O)C1O[C@H](C)[C@@H](C)OC. The van der Waals surface area contributed by atoms with E-state index in [1.54, 1.807) is 7.11 Å². The van der Waals surface area contributed by atoms with Gasteiger partial charge in [0.05, 0.1) is 18.8 Å². The van der Waals surface area contributed by atoms with Gasteiger partial charge in [0.1, 0.15) is 26.2 Å². The predicted molar refractivity (Wildman–Crippen MR) is 58.3 cm³/mol. The van der Waals surface area contributed by atoms with Crippen molar-refractivity contribution in [1.82, 2.24) is 0 Å². The van der Waals surface area contributed by atoms with Crippen LogP contribution >= 0.6 is 0 Å². The molecule has 2 radical (unpaired) electrons. The van der Waals surface area contributed by atoms with Crippen molar-refractivity contribution in [3.63, 3.8) is 0 Å². The first kappa shape index (κ1) is 13.9. The van der Waals surface area contributed by atoms with Crippen molar-refractivity contribution in [3.05, 3.63) is 0 Å². The highest BCUT2D eigenvalue weighted by atomic mass is 16.6. The number of methoxy groups -OCH3 is 1. The van der Waals surface area contributed by atoms with Gasteiger partial charge in [-0.2, -0.15) is 0 Å². The van der Waals surface area contributed by atoms with E-state index < -0.39 is 24.3 Å². The third kappa shape index (κ3) is 2.96. The summed E-state index contributed by atoms with van der Waals surface area (Å²) in [6.45, 7) is 3.42. The number of hydrogen-bond acceptors (Lipinski definition) is 5. The molecule has 2 N–H and O–H groups in total. The molecule has 1 heterocycles. The molecule has 0 saturated carbocycles. The normalized spacial score (nSPS) is 38.6. The van der Waals surface area contributed by atoms with Gasteiger partial charge in [0, 0.05) is 13.1 Å². The molecule has 1 rings (SSSR count). The fourth-order valence-corrected chi connectivity index (χ4v) is 1.62. The van der Waals surface area contributed by atoms with Gasteiger partial charge in [0.15, 0.2) is 0 Å². The molecule has 1 saturated heterocycles. The summed E-state index contributed by atoms with van der Waals surface area (Å²) in [6.07, 6.45) is -2.54. The topological polar surface area (TPSA) is 68.2 Å². The molecule has 6 atom stereocenters. The van der Waals surface area contributed by atoms with Crippen molar-refractivity contribution in [2.45, 2.75) is 50.4 Å². The summed E-state index contributed by atoms with van der Waals surface area (Å²) >= 11 is 0. The summed E-state index contributed by atoms with van der Waals surface area (Å²) in [7, 11) is 7.25. The fraction of sp³-hybridized carbons (Fsp3) is 1.00. The minimum absolute atomic E-state index is 0.104. The first-order valence-electron chi connectivity index (χ1n) is 5.39. The van der Waals surface area contributed by atoms with Crippen LogP contribution in [0.3, 0.4) is 0 Å². The van der Waals surface area contributed by atoms with Crippen molar-refractivity contribution in [2.75, 3.05) is 13.7 Å². The average Bonchev–Trinajstić information content (AvgIpc) is 2.55. The second-order valence-electron chi connectivity index (χ2n) is 4.06. The van der Waals surface area contributed by atoms with Crippen LogP contribution < -0.4 is 0 Å². The van der Waals surface area contributed by atoms with E-state index in [4.69, 9.17) is 27.2 Å². The molecule has 0 aromatic rings. The first-order chi connectivity index (χ1) is 7.51. The zero-order valence-electron chi connectivity index (χ0n) is 9.87. The molecule has 0 amide bonds. The second kappa shape index (κ2) is 5.98. The van der Waals surface area contributed by atoms with Gasteiger partial charge in [-0.05, 0) is 13.8 Å². The Hall–Kier alpha value is -0.135. The zero-order chi connectivity index (χ0) is 12.3. The molecular weight excluding hydrogens is 211 g/mol. The largest absolute Gasteiger partial charge is 0.394 e. The van der Waals surface area contributed by atoms with E-state index in [-0.39, 0.29) is 18.8 Å². The fourth-order valence-electron chi connectivity index (χ4n) is 1.62. The second-order valence-corrected chi connectivity index (χ2v) is 4.06. The molecule has 0 aromatic heterocycles. The van der Waals surface area contributed by atoms with Crippen LogP contribution in [0.4, 0.5) is 0 Å². The van der Waals surface area contributed by atoms with E-state index in [1.165, 1.54) is 0 Å². The molecular formula is C10H19BO5. The molecule has 16 heavy (non-hydrogen) atoms. The molecule has 2 unspecified atom stereocenters. The van der Waals surface area contributed by atoms with Crippen molar-refractivity contribution >= 4 is 7.85 Å². The van der Waals surface area contributed by atoms with Gasteiger partial charge >= 0.3 is 0 Å². The highest BCUT2D eigenvalue weighted by Gasteiger charge is 2.42. The lowest BCUT2D eigenvalue weighted by atomic mass is 9.92. The Balaban J connectivity index is 2.53. The molecule has 5 nitrogen and oxygen atoms in total.